The number of hydrogen-bond donors (Lipinski definition) is 1. The molecule has 0 fully saturated rings. The van der Waals surface area contributed by atoms with E-state index in [0.29, 0.717) is 12.2 Å². The summed E-state index contributed by atoms with van der Waals surface area (Å²) in [6.45, 7) is 2.37. The van der Waals surface area contributed by atoms with Gasteiger partial charge in [-0.25, -0.2) is 0 Å². The average Bonchev–Trinajstić information content (AvgIpc) is 2.37. The summed E-state index contributed by atoms with van der Waals surface area (Å²) >= 11 is 4.83. The Morgan fingerprint density at radius 2 is 2.28 bits per heavy atom. The SMILES string of the molecule is COC(=O)C(C)CN(C)c1ccc(C(N)=S)nc1. The van der Waals surface area contributed by atoms with E-state index in [4.69, 9.17) is 18.0 Å². The number of pyridine rings is 1. The van der Waals surface area contributed by atoms with Crippen LogP contribution in [0, 0.1) is 5.92 Å². The molecule has 0 saturated carbocycles. The van der Waals surface area contributed by atoms with Gasteiger partial charge in [-0.1, -0.05) is 19.1 Å². The Morgan fingerprint density at radius 3 is 2.72 bits per heavy atom. The quantitative estimate of drug-likeness (QED) is 0.633. The van der Waals surface area contributed by atoms with Crippen molar-refractivity contribution in [1.82, 2.24) is 4.98 Å². The first-order valence-electron chi connectivity index (χ1n) is 5.50. The van der Waals surface area contributed by atoms with E-state index < -0.39 is 0 Å². The van der Waals surface area contributed by atoms with E-state index in [2.05, 4.69) is 9.72 Å². The fourth-order valence-electron chi connectivity index (χ4n) is 1.55. The van der Waals surface area contributed by atoms with E-state index in [1.807, 2.05) is 24.9 Å². The molecule has 1 aromatic heterocycles. The zero-order valence-corrected chi connectivity index (χ0v) is 11.5. The van der Waals surface area contributed by atoms with Crippen LogP contribution in [-0.4, -0.2) is 36.6 Å². The molecule has 0 amide bonds. The van der Waals surface area contributed by atoms with E-state index in [0.717, 1.165) is 5.69 Å². The second kappa shape index (κ2) is 6.30. The summed E-state index contributed by atoms with van der Waals surface area (Å²) in [7, 11) is 3.27. The van der Waals surface area contributed by atoms with Gasteiger partial charge in [0, 0.05) is 13.6 Å². The van der Waals surface area contributed by atoms with Crippen molar-refractivity contribution >= 4 is 28.9 Å². The van der Waals surface area contributed by atoms with Crippen LogP contribution in [0.1, 0.15) is 12.6 Å². The highest BCUT2D eigenvalue weighted by Gasteiger charge is 2.15. The average molecular weight is 267 g/mol. The zero-order valence-electron chi connectivity index (χ0n) is 10.7. The summed E-state index contributed by atoms with van der Waals surface area (Å²) in [6.07, 6.45) is 1.68. The van der Waals surface area contributed by atoms with Gasteiger partial charge in [0.05, 0.1) is 30.6 Å². The minimum atomic E-state index is -0.227. The summed E-state index contributed by atoms with van der Waals surface area (Å²) in [4.78, 5) is 17.7. The monoisotopic (exact) mass is 267 g/mol. The molecule has 0 aromatic carbocycles. The molecular weight excluding hydrogens is 250 g/mol. The van der Waals surface area contributed by atoms with Crippen molar-refractivity contribution in [1.29, 1.82) is 0 Å². The second-order valence-corrected chi connectivity index (χ2v) is 4.51. The number of thiocarbonyl (C=S) groups is 1. The number of anilines is 1. The molecular formula is C12H17N3O2S. The molecule has 1 heterocycles. The maximum absolute atomic E-state index is 11.3. The fraction of sp³-hybridized carbons (Fsp3) is 0.417. The van der Waals surface area contributed by atoms with Crippen LogP contribution in [0.25, 0.3) is 0 Å². The molecule has 0 aliphatic carbocycles. The van der Waals surface area contributed by atoms with Gasteiger partial charge < -0.3 is 15.4 Å². The van der Waals surface area contributed by atoms with Crippen molar-refractivity contribution in [2.75, 3.05) is 25.6 Å². The maximum atomic E-state index is 11.3. The number of methoxy groups -OCH3 is 1. The molecule has 5 nitrogen and oxygen atoms in total. The molecule has 1 atom stereocenters. The first-order chi connectivity index (χ1) is 8.45. The van der Waals surface area contributed by atoms with Gasteiger partial charge in [-0.15, -0.1) is 0 Å². The molecule has 0 radical (unpaired) electrons. The molecule has 0 spiro atoms. The molecule has 0 aliphatic rings. The number of nitrogens with zero attached hydrogens (tertiary/aromatic N) is 2. The van der Waals surface area contributed by atoms with Crippen LogP contribution in [0.3, 0.4) is 0 Å². The van der Waals surface area contributed by atoms with Crippen LogP contribution >= 0.6 is 12.2 Å². The molecule has 1 aromatic rings. The topological polar surface area (TPSA) is 68.5 Å². The Bertz CT molecular complexity index is 433. The first-order valence-corrected chi connectivity index (χ1v) is 5.91. The predicted octanol–water partition coefficient (Wildman–Crippen LogP) is 0.961. The first kappa shape index (κ1) is 14.4. The van der Waals surface area contributed by atoms with Gasteiger partial charge in [0.1, 0.15) is 4.99 Å². The van der Waals surface area contributed by atoms with Gasteiger partial charge in [-0.2, -0.15) is 0 Å². The number of rotatable bonds is 5. The number of ether oxygens (including phenoxy) is 1. The predicted molar refractivity (Wildman–Crippen MR) is 74.6 cm³/mol. The van der Waals surface area contributed by atoms with Crippen LogP contribution in [0.15, 0.2) is 18.3 Å². The van der Waals surface area contributed by atoms with Crippen molar-refractivity contribution in [3.8, 4) is 0 Å². The Kier molecular flexibility index (Phi) is 5.03. The Balaban J connectivity index is 2.69. The maximum Gasteiger partial charge on any atom is 0.310 e. The van der Waals surface area contributed by atoms with Gasteiger partial charge in [0.15, 0.2) is 0 Å². The lowest BCUT2D eigenvalue weighted by Gasteiger charge is -2.21. The van der Waals surface area contributed by atoms with E-state index in [9.17, 15) is 4.79 Å². The molecule has 0 saturated heterocycles. The molecule has 18 heavy (non-hydrogen) atoms. The minimum absolute atomic E-state index is 0.199. The van der Waals surface area contributed by atoms with Crippen molar-refractivity contribution < 1.29 is 9.53 Å². The zero-order chi connectivity index (χ0) is 13.7. The second-order valence-electron chi connectivity index (χ2n) is 4.07. The third-order valence-corrected chi connectivity index (χ3v) is 2.80. The van der Waals surface area contributed by atoms with Crippen molar-refractivity contribution in [2.24, 2.45) is 11.7 Å². The number of nitrogens with two attached hydrogens (primary N) is 1. The van der Waals surface area contributed by atoms with E-state index >= 15 is 0 Å². The summed E-state index contributed by atoms with van der Waals surface area (Å²) in [5.41, 5.74) is 6.95. The molecule has 98 valence electrons. The Labute approximate surface area is 112 Å². The van der Waals surface area contributed by atoms with Gasteiger partial charge in [0.25, 0.3) is 0 Å². The van der Waals surface area contributed by atoms with E-state index in [-0.39, 0.29) is 16.9 Å². The van der Waals surface area contributed by atoms with E-state index in [1.165, 1.54) is 7.11 Å². The van der Waals surface area contributed by atoms with Gasteiger partial charge >= 0.3 is 5.97 Å². The van der Waals surface area contributed by atoms with Crippen molar-refractivity contribution in [2.45, 2.75) is 6.92 Å². The summed E-state index contributed by atoms with van der Waals surface area (Å²) in [6, 6.07) is 3.63. The standard InChI is InChI=1S/C12H17N3O2S/c1-8(12(16)17-3)7-15(2)9-4-5-10(11(13)18)14-6-9/h4-6,8H,7H2,1-3H3,(H2,13,18). The Morgan fingerprint density at radius 1 is 1.61 bits per heavy atom. The van der Waals surface area contributed by atoms with Crippen LogP contribution in [0.5, 0.6) is 0 Å². The lowest BCUT2D eigenvalue weighted by Crippen LogP contribution is -2.29. The number of hydrogen-bond acceptors (Lipinski definition) is 5. The Hall–Kier alpha value is -1.69. The van der Waals surface area contributed by atoms with Gasteiger partial charge in [-0.3, -0.25) is 9.78 Å². The third-order valence-electron chi connectivity index (χ3n) is 2.59. The van der Waals surface area contributed by atoms with Crippen LogP contribution in [-0.2, 0) is 9.53 Å². The smallest absolute Gasteiger partial charge is 0.310 e. The highest BCUT2D eigenvalue weighted by molar-refractivity contribution is 7.80. The molecule has 1 rings (SSSR count). The fourth-order valence-corrected chi connectivity index (χ4v) is 1.67. The lowest BCUT2D eigenvalue weighted by molar-refractivity contribution is -0.144. The van der Waals surface area contributed by atoms with Crippen LogP contribution in [0.4, 0.5) is 5.69 Å². The highest BCUT2D eigenvalue weighted by atomic mass is 32.1. The largest absolute Gasteiger partial charge is 0.469 e. The van der Waals surface area contributed by atoms with Crippen molar-refractivity contribution in [3.63, 3.8) is 0 Å². The number of carbonyl (C=O) groups excluding carboxylic acids is 1. The summed E-state index contributed by atoms with van der Waals surface area (Å²) < 4.78 is 4.68. The summed E-state index contributed by atoms with van der Waals surface area (Å²) in [5, 5.41) is 0. The normalized spacial score (nSPS) is 11.7. The molecule has 0 aliphatic heterocycles. The number of esters is 1. The van der Waals surface area contributed by atoms with Crippen LogP contribution in [0.2, 0.25) is 0 Å². The molecule has 0 bridgehead atoms. The molecule has 1 unspecified atom stereocenters. The highest BCUT2D eigenvalue weighted by Crippen LogP contribution is 2.13. The van der Waals surface area contributed by atoms with Crippen molar-refractivity contribution in [3.05, 3.63) is 24.0 Å². The van der Waals surface area contributed by atoms with Crippen LogP contribution < -0.4 is 10.6 Å². The van der Waals surface area contributed by atoms with Gasteiger partial charge in [0.2, 0.25) is 0 Å². The molecule has 2 N–H and O–H groups in total. The summed E-state index contributed by atoms with van der Waals surface area (Å²) in [5.74, 6) is -0.426. The van der Waals surface area contributed by atoms with E-state index in [1.54, 1.807) is 12.3 Å². The number of aromatic nitrogens is 1. The van der Waals surface area contributed by atoms with Gasteiger partial charge in [-0.05, 0) is 12.1 Å². The lowest BCUT2D eigenvalue weighted by atomic mass is 10.1. The minimum Gasteiger partial charge on any atom is -0.469 e. The molecule has 6 heteroatoms. The number of carbonyl (C=O) groups is 1. The third kappa shape index (κ3) is 3.66.